The van der Waals surface area contributed by atoms with Crippen molar-refractivity contribution in [3.05, 3.63) is 58.6 Å². The van der Waals surface area contributed by atoms with Crippen LogP contribution in [0.4, 0.5) is 0 Å². The first kappa shape index (κ1) is 11.4. The first-order valence-electron chi connectivity index (χ1n) is 6.00. The van der Waals surface area contributed by atoms with Crippen molar-refractivity contribution in [3.8, 4) is 11.3 Å². The molecule has 0 aliphatic rings. The third-order valence-corrected chi connectivity index (χ3v) is 3.71. The Hall–Kier alpha value is -1.73. The molecule has 0 spiro atoms. The van der Waals surface area contributed by atoms with Gasteiger partial charge in [0.2, 0.25) is 0 Å². The largest absolute Gasteiger partial charge is 0.354 e. The normalized spacial score (nSPS) is 11.1. The quantitative estimate of drug-likeness (QED) is 0.622. The SMILES string of the molecule is Cc1ccc(C)c2[nH]c(-c3ccccc3Cl)cc12. The molecule has 0 amide bonds. The highest BCUT2D eigenvalue weighted by Gasteiger charge is 2.09. The number of hydrogen-bond donors (Lipinski definition) is 1. The molecule has 0 saturated carbocycles. The Morgan fingerprint density at radius 1 is 0.944 bits per heavy atom. The van der Waals surface area contributed by atoms with Crippen molar-refractivity contribution in [1.29, 1.82) is 0 Å². The molecule has 2 heteroatoms. The molecule has 3 rings (SSSR count). The summed E-state index contributed by atoms with van der Waals surface area (Å²) in [5, 5.41) is 2.05. The summed E-state index contributed by atoms with van der Waals surface area (Å²) in [6, 6.07) is 14.4. The van der Waals surface area contributed by atoms with Gasteiger partial charge in [0, 0.05) is 27.2 Å². The van der Waals surface area contributed by atoms with E-state index in [1.807, 2.05) is 24.3 Å². The van der Waals surface area contributed by atoms with E-state index in [2.05, 4.69) is 37.0 Å². The summed E-state index contributed by atoms with van der Waals surface area (Å²) < 4.78 is 0. The molecule has 0 unspecified atom stereocenters. The van der Waals surface area contributed by atoms with Gasteiger partial charge in [0.05, 0.1) is 0 Å². The summed E-state index contributed by atoms with van der Waals surface area (Å²) in [4.78, 5) is 3.48. The van der Waals surface area contributed by atoms with Gasteiger partial charge in [-0.05, 0) is 37.1 Å². The zero-order valence-electron chi connectivity index (χ0n) is 10.4. The van der Waals surface area contributed by atoms with Gasteiger partial charge in [0.25, 0.3) is 0 Å². The van der Waals surface area contributed by atoms with Crippen molar-refractivity contribution in [1.82, 2.24) is 4.98 Å². The van der Waals surface area contributed by atoms with E-state index in [1.54, 1.807) is 0 Å². The third kappa shape index (κ3) is 1.72. The molecular weight excluding hydrogens is 242 g/mol. The van der Waals surface area contributed by atoms with Gasteiger partial charge in [-0.25, -0.2) is 0 Å². The van der Waals surface area contributed by atoms with Crippen LogP contribution in [0.5, 0.6) is 0 Å². The van der Waals surface area contributed by atoms with E-state index >= 15 is 0 Å². The molecule has 0 radical (unpaired) electrons. The maximum atomic E-state index is 6.25. The van der Waals surface area contributed by atoms with Crippen LogP contribution in [0, 0.1) is 13.8 Å². The van der Waals surface area contributed by atoms with E-state index in [9.17, 15) is 0 Å². The minimum absolute atomic E-state index is 0.777. The van der Waals surface area contributed by atoms with Crippen LogP contribution in [0.1, 0.15) is 11.1 Å². The van der Waals surface area contributed by atoms with Crippen molar-refractivity contribution in [2.24, 2.45) is 0 Å². The zero-order chi connectivity index (χ0) is 12.7. The lowest BCUT2D eigenvalue weighted by Gasteiger charge is -2.00. The van der Waals surface area contributed by atoms with Crippen molar-refractivity contribution >= 4 is 22.5 Å². The third-order valence-electron chi connectivity index (χ3n) is 3.38. The van der Waals surface area contributed by atoms with Gasteiger partial charge in [0.1, 0.15) is 0 Å². The van der Waals surface area contributed by atoms with E-state index in [1.165, 1.54) is 22.0 Å². The monoisotopic (exact) mass is 255 g/mol. The smallest absolute Gasteiger partial charge is 0.0499 e. The molecule has 1 aromatic heterocycles. The van der Waals surface area contributed by atoms with Gasteiger partial charge in [-0.1, -0.05) is 41.9 Å². The number of aromatic nitrogens is 1. The molecule has 18 heavy (non-hydrogen) atoms. The summed E-state index contributed by atoms with van der Waals surface area (Å²) in [7, 11) is 0. The molecule has 1 heterocycles. The van der Waals surface area contributed by atoms with Gasteiger partial charge in [-0.15, -0.1) is 0 Å². The molecule has 0 aliphatic carbocycles. The second-order valence-electron chi connectivity index (χ2n) is 4.65. The molecule has 0 bridgehead atoms. The van der Waals surface area contributed by atoms with Crippen molar-refractivity contribution < 1.29 is 0 Å². The lowest BCUT2D eigenvalue weighted by atomic mass is 10.1. The Morgan fingerprint density at radius 3 is 2.39 bits per heavy atom. The topological polar surface area (TPSA) is 15.8 Å². The molecule has 1 nitrogen and oxygen atoms in total. The minimum atomic E-state index is 0.777. The number of H-pyrrole nitrogens is 1. The van der Waals surface area contributed by atoms with Crippen LogP contribution in [0.3, 0.4) is 0 Å². The Kier molecular flexibility index (Phi) is 2.64. The van der Waals surface area contributed by atoms with Gasteiger partial charge in [-0.2, -0.15) is 0 Å². The van der Waals surface area contributed by atoms with Gasteiger partial charge >= 0.3 is 0 Å². The lowest BCUT2D eigenvalue weighted by Crippen LogP contribution is -1.80. The van der Waals surface area contributed by atoms with Crippen LogP contribution in [-0.4, -0.2) is 4.98 Å². The number of aromatic amines is 1. The first-order valence-corrected chi connectivity index (χ1v) is 6.38. The van der Waals surface area contributed by atoms with Crippen LogP contribution < -0.4 is 0 Å². The Balaban J connectivity index is 2.29. The van der Waals surface area contributed by atoms with Gasteiger partial charge in [-0.3, -0.25) is 0 Å². The molecule has 0 aliphatic heterocycles. The number of benzene rings is 2. The summed E-state index contributed by atoms with van der Waals surface area (Å²) in [6.45, 7) is 4.25. The predicted octanol–water partition coefficient (Wildman–Crippen LogP) is 5.11. The van der Waals surface area contributed by atoms with Crippen LogP contribution >= 0.6 is 11.6 Å². The van der Waals surface area contributed by atoms with E-state index < -0.39 is 0 Å². The number of nitrogens with one attached hydrogen (secondary N) is 1. The minimum Gasteiger partial charge on any atom is -0.354 e. The fourth-order valence-corrected chi connectivity index (χ4v) is 2.56. The first-order chi connectivity index (χ1) is 8.66. The molecule has 3 aromatic rings. The summed E-state index contributed by atoms with van der Waals surface area (Å²) in [5.74, 6) is 0. The summed E-state index contributed by atoms with van der Waals surface area (Å²) >= 11 is 6.25. The second-order valence-corrected chi connectivity index (χ2v) is 5.06. The highest BCUT2D eigenvalue weighted by Crippen LogP contribution is 2.31. The Bertz CT molecular complexity index is 686. The highest BCUT2D eigenvalue weighted by molar-refractivity contribution is 6.33. The van der Waals surface area contributed by atoms with Crippen molar-refractivity contribution in [2.45, 2.75) is 13.8 Å². The molecule has 0 saturated heterocycles. The van der Waals surface area contributed by atoms with E-state index in [-0.39, 0.29) is 0 Å². The van der Waals surface area contributed by atoms with E-state index in [4.69, 9.17) is 11.6 Å². The number of aryl methyl sites for hydroxylation is 2. The Morgan fingerprint density at radius 2 is 1.67 bits per heavy atom. The number of halogens is 1. The van der Waals surface area contributed by atoms with Gasteiger partial charge < -0.3 is 4.98 Å². The number of hydrogen-bond acceptors (Lipinski definition) is 0. The molecular formula is C16H14ClN. The molecule has 1 N–H and O–H groups in total. The van der Waals surface area contributed by atoms with Gasteiger partial charge in [0.15, 0.2) is 0 Å². The maximum Gasteiger partial charge on any atom is 0.0499 e. The van der Waals surface area contributed by atoms with Crippen molar-refractivity contribution in [2.75, 3.05) is 0 Å². The summed E-state index contributed by atoms with van der Waals surface area (Å²) in [5.41, 5.74) is 5.87. The average Bonchev–Trinajstić information content (AvgIpc) is 2.80. The average molecular weight is 256 g/mol. The van der Waals surface area contributed by atoms with Crippen LogP contribution in [-0.2, 0) is 0 Å². The molecule has 0 fully saturated rings. The number of rotatable bonds is 1. The van der Waals surface area contributed by atoms with E-state index in [0.29, 0.717) is 0 Å². The maximum absolute atomic E-state index is 6.25. The standard InChI is InChI=1S/C16H14ClN/c1-10-7-8-11(2)16-13(10)9-15(18-16)12-5-3-4-6-14(12)17/h3-9,18H,1-2H3. The molecule has 90 valence electrons. The summed E-state index contributed by atoms with van der Waals surface area (Å²) in [6.07, 6.45) is 0. The second kappa shape index (κ2) is 4.18. The van der Waals surface area contributed by atoms with Crippen LogP contribution in [0.2, 0.25) is 5.02 Å². The Labute approximate surface area is 111 Å². The fraction of sp³-hybridized carbons (Fsp3) is 0.125. The predicted molar refractivity (Wildman–Crippen MR) is 78.2 cm³/mol. The zero-order valence-corrected chi connectivity index (χ0v) is 11.2. The number of fused-ring (bicyclic) bond motifs is 1. The lowest BCUT2D eigenvalue weighted by molar-refractivity contribution is 1.39. The molecule has 0 atom stereocenters. The molecule has 2 aromatic carbocycles. The van der Waals surface area contributed by atoms with Crippen LogP contribution in [0.25, 0.3) is 22.2 Å². The fourth-order valence-electron chi connectivity index (χ4n) is 2.32. The van der Waals surface area contributed by atoms with E-state index in [0.717, 1.165) is 16.3 Å². The van der Waals surface area contributed by atoms with Crippen molar-refractivity contribution in [3.63, 3.8) is 0 Å². The van der Waals surface area contributed by atoms with Crippen LogP contribution in [0.15, 0.2) is 42.5 Å². The highest BCUT2D eigenvalue weighted by atomic mass is 35.5.